The SMILES string of the molecule is COCCCNCCOC1CCCC1. The van der Waals surface area contributed by atoms with E-state index in [1.165, 1.54) is 25.7 Å². The van der Waals surface area contributed by atoms with Crippen molar-refractivity contribution < 1.29 is 9.47 Å². The fraction of sp³-hybridized carbons (Fsp3) is 1.00. The minimum Gasteiger partial charge on any atom is -0.385 e. The van der Waals surface area contributed by atoms with Gasteiger partial charge in [0.2, 0.25) is 0 Å². The second-order valence-corrected chi connectivity index (χ2v) is 3.87. The lowest BCUT2D eigenvalue weighted by Crippen LogP contribution is -2.23. The molecule has 14 heavy (non-hydrogen) atoms. The molecule has 1 aliphatic carbocycles. The van der Waals surface area contributed by atoms with Crippen LogP contribution >= 0.6 is 0 Å². The highest BCUT2D eigenvalue weighted by molar-refractivity contribution is 4.66. The zero-order valence-corrected chi connectivity index (χ0v) is 9.26. The van der Waals surface area contributed by atoms with Gasteiger partial charge in [-0.1, -0.05) is 12.8 Å². The molecule has 1 rings (SSSR count). The van der Waals surface area contributed by atoms with E-state index in [-0.39, 0.29) is 0 Å². The van der Waals surface area contributed by atoms with Crippen LogP contribution in [0.15, 0.2) is 0 Å². The summed E-state index contributed by atoms with van der Waals surface area (Å²) in [6.45, 7) is 3.70. The van der Waals surface area contributed by atoms with Crippen molar-refractivity contribution in [1.82, 2.24) is 5.32 Å². The monoisotopic (exact) mass is 201 g/mol. The lowest BCUT2D eigenvalue weighted by atomic mass is 10.3. The molecular weight excluding hydrogens is 178 g/mol. The average molecular weight is 201 g/mol. The zero-order valence-electron chi connectivity index (χ0n) is 9.26. The predicted octanol–water partition coefficient (Wildman–Crippen LogP) is 1.57. The Morgan fingerprint density at radius 1 is 1.14 bits per heavy atom. The molecule has 0 aromatic carbocycles. The van der Waals surface area contributed by atoms with E-state index in [1.54, 1.807) is 7.11 Å². The molecule has 3 heteroatoms. The van der Waals surface area contributed by atoms with Crippen molar-refractivity contribution >= 4 is 0 Å². The summed E-state index contributed by atoms with van der Waals surface area (Å²) >= 11 is 0. The van der Waals surface area contributed by atoms with Gasteiger partial charge >= 0.3 is 0 Å². The van der Waals surface area contributed by atoms with E-state index in [4.69, 9.17) is 9.47 Å². The second kappa shape index (κ2) is 8.21. The molecule has 0 spiro atoms. The summed E-state index contributed by atoms with van der Waals surface area (Å²) in [5.41, 5.74) is 0. The van der Waals surface area contributed by atoms with E-state index in [0.717, 1.165) is 32.7 Å². The van der Waals surface area contributed by atoms with E-state index in [9.17, 15) is 0 Å². The molecule has 1 aliphatic rings. The van der Waals surface area contributed by atoms with Gasteiger partial charge in [-0.2, -0.15) is 0 Å². The van der Waals surface area contributed by atoms with Crippen LogP contribution in [-0.4, -0.2) is 39.5 Å². The second-order valence-electron chi connectivity index (χ2n) is 3.87. The first-order chi connectivity index (χ1) is 6.93. The smallest absolute Gasteiger partial charge is 0.0594 e. The first-order valence-corrected chi connectivity index (χ1v) is 5.74. The highest BCUT2D eigenvalue weighted by atomic mass is 16.5. The minimum atomic E-state index is 0.552. The van der Waals surface area contributed by atoms with E-state index in [1.807, 2.05) is 0 Å². The Hall–Kier alpha value is -0.120. The molecule has 84 valence electrons. The molecule has 0 aromatic heterocycles. The van der Waals surface area contributed by atoms with Crippen LogP contribution in [0.5, 0.6) is 0 Å². The largest absolute Gasteiger partial charge is 0.385 e. The number of hydrogen-bond acceptors (Lipinski definition) is 3. The van der Waals surface area contributed by atoms with Crippen LogP contribution in [0.4, 0.5) is 0 Å². The Labute approximate surface area is 87.2 Å². The van der Waals surface area contributed by atoms with Crippen LogP contribution in [0.2, 0.25) is 0 Å². The van der Waals surface area contributed by atoms with Gasteiger partial charge in [0.25, 0.3) is 0 Å². The Morgan fingerprint density at radius 2 is 1.93 bits per heavy atom. The van der Waals surface area contributed by atoms with E-state index in [2.05, 4.69) is 5.32 Å². The van der Waals surface area contributed by atoms with E-state index in [0.29, 0.717) is 6.10 Å². The molecule has 0 heterocycles. The van der Waals surface area contributed by atoms with Crippen LogP contribution in [0.1, 0.15) is 32.1 Å². The van der Waals surface area contributed by atoms with E-state index >= 15 is 0 Å². The van der Waals surface area contributed by atoms with Gasteiger partial charge in [-0.05, 0) is 25.8 Å². The van der Waals surface area contributed by atoms with Crippen molar-refractivity contribution in [2.45, 2.75) is 38.2 Å². The summed E-state index contributed by atoms with van der Waals surface area (Å²) in [7, 11) is 1.74. The van der Waals surface area contributed by atoms with Gasteiger partial charge in [0.15, 0.2) is 0 Å². The number of ether oxygens (including phenoxy) is 2. The Kier molecular flexibility index (Phi) is 7.01. The molecule has 0 unspecified atom stereocenters. The summed E-state index contributed by atoms with van der Waals surface area (Å²) < 4.78 is 10.7. The van der Waals surface area contributed by atoms with Crippen molar-refractivity contribution in [2.24, 2.45) is 0 Å². The topological polar surface area (TPSA) is 30.5 Å². The molecule has 0 radical (unpaired) electrons. The third-order valence-electron chi connectivity index (χ3n) is 2.64. The summed E-state index contributed by atoms with van der Waals surface area (Å²) in [5, 5.41) is 3.34. The molecule has 0 aliphatic heterocycles. The molecule has 0 amide bonds. The summed E-state index contributed by atoms with van der Waals surface area (Å²) in [4.78, 5) is 0. The Morgan fingerprint density at radius 3 is 2.64 bits per heavy atom. The zero-order chi connectivity index (χ0) is 10.1. The fourth-order valence-corrected chi connectivity index (χ4v) is 1.82. The molecule has 1 saturated carbocycles. The van der Waals surface area contributed by atoms with Gasteiger partial charge in [0, 0.05) is 20.3 Å². The number of rotatable bonds is 8. The molecule has 0 bridgehead atoms. The van der Waals surface area contributed by atoms with Gasteiger partial charge in [-0.3, -0.25) is 0 Å². The first kappa shape index (κ1) is 12.0. The number of hydrogen-bond donors (Lipinski definition) is 1. The standard InChI is InChI=1S/C11H23NO2/c1-13-9-4-7-12-8-10-14-11-5-2-3-6-11/h11-12H,2-10H2,1H3. The fourth-order valence-electron chi connectivity index (χ4n) is 1.82. The highest BCUT2D eigenvalue weighted by Crippen LogP contribution is 2.20. The number of methoxy groups -OCH3 is 1. The third-order valence-corrected chi connectivity index (χ3v) is 2.64. The molecule has 0 atom stereocenters. The van der Waals surface area contributed by atoms with Crippen LogP contribution in [0.25, 0.3) is 0 Å². The van der Waals surface area contributed by atoms with Crippen LogP contribution < -0.4 is 5.32 Å². The van der Waals surface area contributed by atoms with Crippen molar-refractivity contribution in [1.29, 1.82) is 0 Å². The molecular formula is C11H23NO2. The molecule has 0 saturated heterocycles. The van der Waals surface area contributed by atoms with Gasteiger partial charge in [-0.25, -0.2) is 0 Å². The molecule has 1 N–H and O–H groups in total. The normalized spacial score (nSPS) is 17.8. The van der Waals surface area contributed by atoms with Crippen LogP contribution in [-0.2, 0) is 9.47 Å². The number of nitrogens with one attached hydrogen (secondary N) is 1. The lowest BCUT2D eigenvalue weighted by Gasteiger charge is -2.11. The maximum Gasteiger partial charge on any atom is 0.0594 e. The van der Waals surface area contributed by atoms with Gasteiger partial charge in [0.05, 0.1) is 12.7 Å². The van der Waals surface area contributed by atoms with Crippen molar-refractivity contribution in [3.8, 4) is 0 Å². The van der Waals surface area contributed by atoms with Crippen LogP contribution in [0.3, 0.4) is 0 Å². The predicted molar refractivity (Wildman–Crippen MR) is 57.6 cm³/mol. The Balaban J connectivity index is 1.75. The first-order valence-electron chi connectivity index (χ1n) is 5.74. The van der Waals surface area contributed by atoms with Crippen molar-refractivity contribution in [3.63, 3.8) is 0 Å². The maximum atomic E-state index is 5.72. The van der Waals surface area contributed by atoms with Crippen LogP contribution in [0, 0.1) is 0 Å². The molecule has 0 aromatic rings. The van der Waals surface area contributed by atoms with Gasteiger partial charge in [-0.15, -0.1) is 0 Å². The third kappa shape index (κ3) is 5.58. The summed E-state index contributed by atoms with van der Waals surface area (Å²) in [6.07, 6.45) is 6.88. The van der Waals surface area contributed by atoms with Gasteiger partial charge < -0.3 is 14.8 Å². The molecule has 3 nitrogen and oxygen atoms in total. The summed E-state index contributed by atoms with van der Waals surface area (Å²) in [5.74, 6) is 0. The maximum absolute atomic E-state index is 5.72. The van der Waals surface area contributed by atoms with Crippen molar-refractivity contribution in [3.05, 3.63) is 0 Å². The Bertz CT molecular complexity index is 124. The van der Waals surface area contributed by atoms with Crippen molar-refractivity contribution in [2.75, 3.05) is 33.4 Å². The summed E-state index contributed by atoms with van der Waals surface area (Å²) in [6, 6.07) is 0. The molecule has 1 fully saturated rings. The van der Waals surface area contributed by atoms with Gasteiger partial charge in [0.1, 0.15) is 0 Å². The lowest BCUT2D eigenvalue weighted by molar-refractivity contribution is 0.0602. The average Bonchev–Trinajstić information content (AvgIpc) is 2.69. The highest BCUT2D eigenvalue weighted by Gasteiger charge is 2.14. The van der Waals surface area contributed by atoms with E-state index < -0.39 is 0 Å². The quantitative estimate of drug-likeness (QED) is 0.605. The minimum absolute atomic E-state index is 0.552.